The molecule has 5 nitrogen and oxygen atoms in total. The van der Waals surface area contributed by atoms with Gasteiger partial charge in [0.25, 0.3) is 0 Å². The van der Waals surface area contributed by atoms with E-state index in [0.717, 1.165) is 25.7 Å². The molecule has 0 aromatic heterocycles. The lowest BCUT2D eigenvalue weighted by atomic mass is 9.60. The highest BCUT2D eigenvalue weighted by molar-refractivity contribution is 6.74. The van der Waals surface area contributed by atoms with Crippen LogP contribution < -0.4 is 0 Å². The van der Waals surface area contributed by atoms with Crippen molar-refractivity contribution in [3.8, 4) is 0 Å². The fourth-order valence-corrected chi connectivity index (χ4v) is 8.05. The first-order valence-electron chi connectivity index (χ1n) is 14.3. The first kappa shape index (κ1) is 30.3. The first-order valence-corrected chi connectivity index (χ1v) is 17.3. The maximum Gasteiger partial charge on any atom is 0.305 e. The van der Waals surface area contributed by atoms with Crippen LogP contribution in [0.4, 0.5) is 0 Å². The molecule has 2 fully saturated rings. The number of fused-ring (bicyclic) bond motifs is 1. The van der Waals surface area contributed by atoms with Gasteiger partial charge in [0.2, 0.25) is 0 Å². The molecule has 0 spiro atoms. The summed E-state index contributed by atoms with van der Waals surface area (Å²) in [6.45, 7) is 18.9. The van der Waals surface area contributed by atoms with E-state index in [9.17, 15) is 9.59 Å². The van der Waals surface area contributed by atoms with Gasteiger partial charge in [-0.05, 0) is 107 Å². The number of hydrogen-bond acceptors (Lipinski definition) is 5. The van der Waals surface area contributed by atoms with Crippen molar-refractivity contribution in [2.24, 2.45) is 23.2 Å². The molecule has 6 heteroatoms. The minimum absolute atomic E-state index is 0.0891. The highest BCUT2D eigenvalue weighted by atomic mass is 28.4. The van der Waals surface area contributed by atoms with Gasteiger partial charge in [0.05, 0.1) is 13.2 Å². The smallest absolute Gasteiger partial charge is 0.305 e. The van der Waals surface area contributed by atoms with E-state index >= 15 is 0 Å². The summed E-state index contributed by atoms with van der Waals surface area (Å²) in [6, 6.07) is 0. The predicted octanol–water partition coefficient (Wildman–Crippen LogP) is 7.68. The van der Waals surface area contributed by atoms with E-state index in [1.54, 1.807) is 0 Å². The van der Waals surface area contributed by atoms with Crippen molar-refractivity contribution in [1.82, 2.24) is 0 Å². The SMILES string of the molecule is CCOC(=O)CCCC(CCCC(=O)OCC)[C@@H]1CC[C@@H]2[C@H](O[Si](C)(C)C(C)(C)C)CCC[C@]21C. The third-order valence-corrected chi connectivity index (χ3v) is 14.0. The van der Waals surface area contributed by atoms with Crippen LogP contribution in [0.1, 0.15) is 112 Å². The molecular formula is C29H54O5Si. The Morgan fingerprint density at radius 3 is 1.97 bits per heavy atom. The van der Waals surface area contributed by atoms with Gasteiger partial charge in [0.15, 0.2) is 8.32 Å². The molecule has 2 saturated carbocycles. The van der Waals surface area contributed by atoms with Crippen molar-refractivity contribution >= 4 is 20.3 Å². The number of esters is 2. The van der Waals surface area contributed by atoms with Gasteiger partial charge < -0.3 is 13.9 Å². The predicted molar refractivity (Wildman–Crippen MR) is 145 cm³/mol. The van der Waals surface area contributed by atoms with Crippen LogP contribution in [0.15, 0.2) is 0 Å². The summed E-state index contributed by atoms with van der Waals surface area (Å²) in [7, 11) is -1.82. The molecule has 0 amide bonds. The topological polar surface area (TPSA) is 61.8 Å². The molecule has 0 heterocycles. The van der Waals surface area contributed by atoms with Crippen LogP contribution in [0, 0.1) is 23.2 Å². The fraction of sp³-hybridized carbons (Fsp3) is 0.931. The molecule has 0 aromatic rings. The molecule has 0 aromatic carbocycles. The zero-order valence-corrected chi connectivity index (χ0v) is 25.0. The normalized spacial score (nSPS) is 27.1. The second-order valence-corrected chi connectivity index (χ2v) is 17.5. The molecule has 2 aliphatic carbocycles. The van der Waals surface area contributed by atoms with Crippen molar-refractivity contribution in [3.05, 3.63) is 0 Å². The molecule has 0 radical (unpaired) electrons. The molecule has 0 bridgehead atoms. The Balaban J connectivity index is 2.12. The lowest BCUT2D eigenvalue weighted by Gasteiger charge is -2.50. The zero-order chi connectivity index (χ0) is 26.3. The summed E-state index contributed by atoms with van der Waals surface area (Å²) >= 11 is 0. The molecule has 0 aliphatic heterocycles. The number of rotatable bonds is 13. The van der Waals surface area contributed by atoms with Crippen molar-refractivity contribution in [2.45, 2.75) is 136 Å². The van der Waals surface area contributed by atoms with Gasteiger partial charge in [-0.15, -0.1) is 0 Å². The maximum absolute atomic E-state index is 12.0. The maximum atomic E-state index is 12.0. The van der Waals surface area contributed by atoms with Crippen LogP contribution >= 0.6 is 0 Å². The third-order valence-electron chi connectivity index (χ3n) is 9.48. The van der Waals surface area contributed by atoms with Crippen LogP contribution in [0.3, 0.4) is 0 Å². The number of carbonyl (C=O) groups excluding carboxylic acids is 2. The highest BCUT2D eigenvalue weighted by Gasteiger charge is 2.54. The minimum Gasteiger partial charge on any atom is -0.466 e. The van der Waals surface area contributed by atoms with E-state index in [0.29, 0.717) is 49.9 Å². The summed E-state index contributed by atoms with van der Waals surface area (Å²) in [5.74, 6) is 1.60. The Morgan fingerprint density at radius 1 is 0.943 bits per heavy atom. The summed E-state index contributed by atoms with van der Waals surface area (Å²) in [6.07, 6.45) is 11.3. The Kier molecular flexibility index (Phi) is 11.3. The molecule has 204 valence electrons. The summed E-state index contributed by atoms with van der Waals surface area (Å²) in [5, 5.41) is 0.224. The summed E-state index contributed by atoms with van der Waals surface area (Å²) in [4.78, 5) is 23.9. The van der Waals surface area contributed by atoms with Crippen LogP contribution in [0.5, 0.6) is 0 Å². The van der Waals surface area contributed by atoms with E-state index in [1.165, 1.54) is 32.1 Å². The number of carbonyl (C=O) groups is 2. The second kappa shape index (κ2) is 13.1. The lowest BCUT2D eigenvalue weighted by Crippen LogP contribution is -2.50. The van der Waals surface area contributed by atoms with Crippen LogP contribution in [-0.2, 0) is 23.5 Å². The van der Waals surface area contributed by atoms with Crippen LogP contribution in [0.25, 0.3) is 0 Å². The zero-order valence-electron chi connectivity index (χ0n) is 24.0. The molecular weight excluding hydrogens is 456 g/mol. The molecule has 35 heavy (non-hydrogen) atoms. The minimum atomic E-state index is -1.82. The Hall–Kier alpha value is -0.883. The second-order valence-electron chi connectivity index (χ2n) is 12.8. The van der Waals surface area contributed by atoms with E-state index in [2.05, 4.69) is 40.8 Å². The Bertz CT molecular complexity index is 661. The standard InChI is InChI=1S/C29H54O5Si/c1-9-32-26(30)17-11-14-22(15-12-18-27(31)33-10-2)23-19-20-24-25(16-13-21-29(23,24)6)34-35(7,8)28(3,4)5/h22-25H,9-21H2,1-8H3/t23-,24+,25+,29-/m0/s1. The summed E-state index contributed by atoms with van der Waals surface area (Å²) < 4.78 is 17.4. The molecule has 4 atom stereocenters. The van der Waals surface area contributed by atoms with Gasteiger partial charge in [-0.1, -0.05) is 34.1 Å². The van der Waals surface area contributed by atoms with Crippen molar-refractivity contribution < 1.29 is 23.5 Å². The highest BCUT2D eigenvalue weighted by Crippen LogP contribution is 2.60. The van der Waals surface area contributed by atoms with E-state index in [1.807, 2.05) is 13.8 Å². The van der Waals surface area contributed by atoms with Gasteiger partial charge in [0, 0.05) is 18.9 Å². The quantitative estimate of drug-likeness (QED) is 0.188. The monoisotopic (exact) mass is 510 g/mol. The molecule has 2 aliphatic rings. The molecule has 0 N–H and O–H groups in total. The first-order chi connectivity index (χ1) is 16.4. The van der Waals surface area contributed by atoms with E-state index < -0.39 is 8.32 Å². The third kappa shape index (κ3) is 8.05. The van der Waals surface area contributed by atoms with Crippen LogP contribution in [-0.4, -0.2) is 39.6 Å². The van der Waals surface area contributed by atoms with Gasteiger partial charge in [-0.2, -0.15) is 0 Å². The fourth-order valence-electron chi connectivity index (χ4n) is 6.66. The Labute approximate surface area is 216 Å². The van der Waals surface area contributed by atoms with Crippen molar-refractivity contribution in [3.63, 3.8) is 0 Å². The van der Waals surface area contributed by atoms with Crippen molar-refractivity contribution in [1.29, 1.82) is 0 Å². The van der Waals surface area contributed by atoms with Gasteiger partial charge >= 0.3 is 11.9 Å². The molecule has 0 saturated heterocycles. The molecule has 0 unspecified atom stereocenters. The Morgan fingerprint density at radius 2 is 1.49 bits per heavy atom. The summed E-state index contributed by atoms with van der Waals surface area (Å²) in [5.41, 5.74) is 0.282. The number of ether oxygens (including phenoxy) is 2. The van der Waals surface area contributed by atoms with E-state index in [-0.39, 0.29) is 22.4 Å². The van der Waals surface area contributed by atoms with Crippen molar-refractivity contribution in [2.75, 3.05) is 13.2 Å². The van der Waals surface area contributed by atoms with E-state index in [4.69, 9.17) is 13.9 Å². The average molecular weight is 511 g/mol. The average Bonchev–Trinajstić information content (AvgIpc) is 3.10. The number of hydrogen-bond donors (Lipinski definition) is 0. The van der Waals surface area contributed by atoms with Gasteiger partial charge in [0.1, 0.15) is 0 Å². The van der Waals surface area contributed by atoms with Gasteiger partial charge in [-0.25, -0.2) is 0 Å². The lowest BCUT2D eigenvalue weighted by molar-refractivity contribution is -0.144. The largest absolute Gasteiger partial charge is 0.466 e. The van der Waals surface area contributed by atoms with Gasteiger partial charge in [-0.3, -0.25) is 9.59 Å². The molecule has 2 rings (SSSR count). The van der Waals surface area contributed by atoms with Crippen LogP contribution in [0.2, 0.25) is 18.1 Å².